The number of anilines is 1. The first kappa shape index (κ1) is 15.7. The fourth-order valence-corrected chi connectivity index (χ4v) is 2.50. The zero-order chi connectivity index (χ0) is 16.9. The Morgan fingerprint density at radius 1 is 1.12 bits per heavy atom. The molecule has 6 nitrogen and oxygen atoms in total. The molecule has 1 aromatic heterocycles. The van der Waals surface area contributed by atoms with Crippen molar-refractivity contribution in [3.05, 3.63) is 66.0 Å². The highest BCUT2D eigenvalue weighted by atomic mass is 16.5. The van der Waals surface area contributed by atoms with Gasteiger partial charge in [0.25, 0.3) is 5.91 Å². The van der Waals surface area contributed by atoms with E-state index in [0.29, 0.717) is 23.6 Å². The fraction of sp³-hybridized carbons (Fsp3) is 0.167. The van der Waals surface area contributed by atoms with Gasteiger partial charge in [-0.25, -0.2) is 4.68 Å². The maximum Gasteiger partial charge on any atom is 0.278 e. The molecule has 0 unspecified atom stereocenters. The van der Waals surface area contributed by atoms with Crippen molar-refractivity contribution in [1.82, 2.24) is 15.0 Å². The van der Waals surface area contributed by atoms with Gasteiger partial charge in [-0.15, -0.1) is 5.10 Å². The lowest BCUT2D eigenvalue weighted by molar-refractivity contribution is 0.102. The highest BCUT2D eigenvalue weighted by Crippen LogP contribution is 2.24. The summed E-state index contributed by atoms with van der Waals surface area (Å²) in [5.74, 6) is 0.290. The zero-order valence-corrected chi connectivity index (χ0v) is 13.6. The SMILES string of the molecule is CCc1c(C(=O)Nc2ccccc2OC)nnn1-c1ccccc1. The fourth-order valence-electron chi connectivity index (χ4n) is 2.50. The Balaban J connectivity index is 1.92. The number of aromatic nitrogens is 3. The minimum Gasteiger partial charge on any atom is -0.495 e. The summed E-state index contributed by atoms with van der Waals surface area (Å²) < 4.78 is 6.95. The Labute approximate surface area is 140 Å². The van der Waals surface area contributed by atoms with Crippen molar-refractivity contribution in [3.63, 3.8) is 0 Å². The number of rotatable bonds is 5. The molecule has 1 N–H and O–H groups in total. The Hall–Kier alpha value is -3.15. The van der Waals surface area contributed by atoms with Crippen LogP contribution in [-0.4, -0.2) is 28.0 Å². The quantitative estimate of drug-likeness (QED) is 0.784. The molecule has 0 aliphatic carbocycles. The Bertz CT molecular complexity index is 843. The lowest BCUT2D eigenvalue weighted by atomic mass is 10.2. The number of hydrogen-bond acceptors (Lipinski definition) is 4. The standard InChI is InChI=1S/C18H18N4O2/c1-3-15-17(20-21-22(15)13-9-5-4-6-10-13)18(23)19-14-11-7-8-12-16(14)24-2/h4-12H,3H2,1-2H3,(H,19,23). The van der Waals surface area contributed by atoms with E-state index >= 15 is 0 Å². The number of nitrogens with zero attached hydrogens (tertiary/aromatic N) is 3. The van der Waals surface area contributed by atoms with Crippen LogP contribution in [0.1, 0.15) is 23.1 Å². The first-order chi connectivity index (χ1) is 11.7. The normalized spacial score (nSPS) is 10.4. The van der Waals surface area contributed by atoms with E-state index < -0.39 is 0 Å². The maximum atomic E-state index is 12.6. The molecule has 0 aliphatic heterocycles. The van der Waals surface area contributed by atoms with Crippen molar-refractivity contribution in [3.8, 4) is 11.4 Å². The molecular weight excluding hydrogens is 304 g/mol. The molecule has 0 saturated heterocycles. The van der Waals surface area contributed by atoms with Gasteiger partial charge in [-0.2, -0.15) is 0 Å². The number of methoxy groups -OCH3 is 1. The molecule has 3 aromatic rings. The molecule has 24 heavy (non-hydrogen) atoms. The second-order valence-corrected chi connectivity index (χ2v) is 5.14. The second kappa shape index (κ2) is 6.95. The highest BCUT2D eigenvalue weighted by molar-refractivity contribution is 6.04. The van der Waals surface area contributed by atoms with Crippen LogP contribution in [0.25, 0.3) is 5.69 Å². The summed E-state index contributed by atoms with van der Waals surface area (Å²) in [4.78, 5) is 12.6. The van der Waals surface area contributed by atoms with Gasteiger partial charge in [0, 0.05) is 0 Å². The number of ether oxygens (including phenoxy) is 1. The van der Waals surface area contributed by atoms with Crippen molar-refractivity contribution in [2.75, 3.05) is 12.4 Å². The van der Waals surface area contributed by atoms with Crippen LogP contribution in [-0.2, 0) is 6.42 Å². The lowest BCUT2D eigenvalue weighted by Crippen LogP contribution is -2.15. The molecule has 6 heteroatoms. The van der Waals surface area contributed by atoms with Crippen LogP contribution in [0.3, 0.4) is 0 Å². The van der Waals surface area contributed by atoms with Gasteiger partial charge in [0.1, 0.15) is 5.75 Å². The largest absolute Gasteiger partial charge is 0.495 e. The van der Waals surface area contributed by atoms with Crippen LogP contribution in [0.4, 0.5) is 5.69 Å². The van der Waals surface area contributed by atoms with Crippen molar-refractivity contribution < 1.29 is 9.53 Å². The third kappa shape index (κ3) is 2.99. The minimum absolute atomic E-state index is 0.307. The van der Waals surface area contributed by atoms with Crippen LogP contribution in [0.2, 0.25) is 0 Å². The molecule has 122 valence electrons. The van der Waals surface area contributed by atoms with Crippen molar-refractivity contribution in [1.29, 1.82) is 0 Å². The Kier molecular flexibility index (Phi) is 4.56. The average molecular weight is 322 g/mol. The molecule has 0 saturated carbocycles. The van der Waals surface area contributed by atoms with E-state index in [1.807, 2.05) is 49.4 Å². The molecule has 0 aliphatic rings. The van der Waals surface area contributed by atoms with Gasteiger partial charge in [-0.05, 0) is 30.7 Å². The summed E-state index contributed by atoms with van der Waals surface area (Å²) in [6, 6.07) is 16.9. The molecule has 0 radical (unpaired) electrons. The molecule has 0 spiro atoms. The topological polar surface area (TPSA) is 69.0 Å². The number of carbonyl (C=O) groups excluding carboxylic acids is 1. The predicted octanol–water partition coefficient (Wildman–Crippen LogP) is 3.09. The summed E-state index contributed by atoms with van der Waals surface area (Å²) in [6.45, 7) is 1.97. The van der Waals surface area contributed by atoms with E-state index in [-0.39, 0.29) is 5.91 Å². The maximum absolute atomic E-state index is 12.6. The third-order valence-corrected chi connectivity index (χ3v) is 3.67. The molecule has 0 fully saturated rings. The highest BCUT2D eigenvalue weighted by Gasteiger charge is 2.20. The molecule has 2 aromatic carbocycles. The number of carbonyl (C=O) groups is 1. The van der Waals surface area contributed by atoms with Crippen molar-refractivity contribution in [2.24, 2.45) is 0 Å². The minimum atomic E-state index is -0.307. The number of amides is 1. The van der Waals surface area contributed by atoms with Gasteiger partial charge in [0.05, 0.1) is 24.2 Å². The predicted molar refractivity (Wildman–Crippen MR) is 91.7 cm³/mol. The summed E-state index contributed by atoms with van der Waals surface area (Å²) in [5, 5.41) is 11.0. The van der Waals surface area contributed by atoms with E-state index in [1.165, 1.54) is 0 Å². The summed E-state index contributed by atoms with van der Waals surface area (Å²) in [5.41, 5.74) is 2.54. The van der Waals surface area contributed by atoms with Crippen LogP contribution < -0.4 is 10.1 Å². The van der Waals surface area contributed by atoms with Crippen LogP contribution in [0.5, 0.6) is 5.75 Å². The van der Waals surface area contributed by atoms with Gasteiger partial charge in [0.2, 0.25) is 0 Å². The Morgan fingerprint density at radius 3 is 2.54 bits per heavy atom. The van der Waals surface area contributed by atoms with E-state index in [0.717, 1.165) is 11.4 Å². The molecule has 1 heterocycles. The van der Waals surface area contributed by atoms with Gasteiger partial charge in [-0.1, -0.05) is 42.5 Å². The number of para-hydroxylation sites is 3. The van der Waals surface area contributed by atoms with Crippen molar-refractivity contribution in [2.45, 2.75) is 13.3 Å². The van der Waals surface area contributed by atoms with Crippen LogP contribution >= 0.6 is 0 Å². The lowest BCUT2D eigenvalue weighted by Gasteiger charge is -2.09. The molecule has 1 amide bonds. The van der Waals surface area contributed by atoms with E-state index in [1.54, 1.807) is 23.9 Å². The molecule has 0 bridgehead atoms. The van der Waals surface area contributed by atoms with Crippen LogP contribution in [0.15, 0.2) is 54.6 Å². The molecule has 3 rings (SSSR count). The van der Waals surface area contributed by atoms with E-state index in [9.17, 15) is 4.79 Å². The number of benzene rings is 2. The summed E-state index contributed by atoms with van der Waals surface area (Å²) in [7, 11) is 1.56. The molecule has 0 atom stereocenters. The van der Waals surface area contributed by atoms with Crippen LogP contribution in [0, 0.1) is 0 Å². The van der Waals surface area contributed by atoms with Crippen molar-refractivity contribution >= 4 is 11.6 Å². The second-order valence-electron chi connectivity index (χ2n) is 5.14. The first-order valence-electron chi connectivity index (χ1n) is 7.69. The summed E-state index contributed by atoms with van der Waals surface area (Å²) in [6.07, 6.45) is 0.635. The smallest absolute Gasteiger partial charge is 0.278 e. The Morgan fingerprint density at radius 2 is 1.83 bits per heavy atom. The van der Waals surface area contributed by atoms with Gasteiger partial charge < -0.3 is 10.1 Å². The zero-order valence-electron chi connectivity index (χ0n) is 13.6. The first-order valence-corrected chi connectivity index (χ1v) is 7.69. The van der Waals surface area contributed by atoms with E-state index in [2.05, 4.69) is 15.6 Å². The average Bonchev–Trinajstić information content (AvgIpc) is 3.07. The van der Waals surface area contributed by atoms with Gasteiger partial charge >= 0.3 is 0 Å². The molecular formula is C18H18N4O2. The summed E-state index contributed by atoms with van der Waals surface area (Å²) >= 11 is 0. The monoisotopic (exact) mass is 322 g/mol. The number of hydrogen-bond donors (Lipinski definition) is 1. The van der Waals surface area contributed by atoms with E-state index in [4.69, 9.17) is 4.74 Å². The van der Waals surface area contributed by atoms with Gasteiger partial charge in [-0.3, -0.25) is 4.79 Å². The number of nitrogens with one attached hydrogen (secondary N) is 1. The van der Waals surface area contributed by atoms with Gasteiger partial charge in [0.15, 0.2) is 5.69 Å². The third-order valence-electron chi connectivity index (χ3n) is 3.67.